The van der Waals surface area contributed by atoms with Gasteiger partial charge in [0, 0.05) is 16.7 Å². The number of hydrogen-bond acceptors (Lipinski definition) is 5. The summed E-state index contributed by atoms with van der Waals surface area (Å²) in [5.41, 5.74) is 1.53. The Balaban J connectivity index is 1.53. The zero-order valence-corrected chi connectivity index (χ0v) is 18.8. The fourth-order valence-electron chi connectivity index (χ4n) is 4.09. The van der Waals surface area contributed by atoms with Crippen LogP contribution in [0.25, 0.3) is 10.6 Å². The van der Waals surface area contributed by atoms with Gasteiger partial charge in [0.25, 0.3) is 0 Å². The number of nitrogens with one attached hydrogen (secondary N) is 2. The molecule has 1 aliphatic rings. The second-order valence-electron chi connectivity index (χ2n) is 7.71. The summed E-state index contributed by atoms with van der Waals surface area (Å²) in [6, 6.07) is 14.2. The smallest absolute Gasteiger partial charge is 0.236 e. The topological polar surface area (TPSA) is 71.1 Å². The first-order valence-corrected chi connectivity index (χ1v) is 11.8. The highest BCUT2D eigenvalue weighted by atomic mass is 32.1. The molecule has 1 fully saturated rings. The number of thiophene rings is 1. The molecule has 2 heterocycles. The van der Waals surface area contributed by atoms with Crippen LogP contribution in [0.4, 0.5) is 5.13 Å². The van der Waals surface area contributed by atoms with Crippen molar-refractivity contribution >= 4 is 39.6 Å². The van der Waals surface area contributed by atoms with Gasteiger partial charge >= 0.3 is 0 Å². The van der Waals surface area contributed by atoms with Gasteiger partial charge < -0.3 is 10.6 Å². The normalized spacial score (nSPS) is 15.1. The van der Waals surface area contributed by atoms with Crippen LogP contribution in [0.2, 0.25) is 0 Å². The predicted molar refractivity (Wildman–Crippen MR) is 123 cm³/mol. The van der Waals surface area contributed by atoms with Gasteiger partial charge in [-0.2, -0.15) is 0 Å². The van der Waals surface area contributed by atoms with E-state index in [2.05, 4.69) is 22.8 Å². The number of hydrogen-bond donors (Lipinski definition) is 2. The summed E-state index contributed by atoms with van der Waals surface area (Å²) in [7, 11) is 0. The number of carbonyl (C=O) groups is 2. The van der Waals surface area contributed by atoms with Crippen LogP contribution in [0.15, 0.2) is 42.5 Å². The minimum Gasteiger partial charge on any atom is -0.351 e. The highest BCUT2D eigenvalue weighted by Gasteiger charge is 2.42. The summed E-state index contributed by atoms with van der Waals surface area (Å²) in [5, 5.41) is 6.58. The average molecular weight is 440 g/mol. The molecular weight excluding hydrogens is 414 g/mol. The van der Waals surface area contributed by atoms with Gasteiger partial charge in [0.2, 0.25) is 11.8 Å². The van der Waals surface area contributed by atoms with Crippen LogP contribution in [-0.2, 0) is 21.5 Å². The van der Waals surface area contributed by atoms with E-state index in [1.165, 1.54) is 18.3 Å². The number of carbonyl (C=O) groups excluding carboxylic acids is 2. The van der Waals surface area contributed by atoms with Crippen LogP contribution in [0, 0.1) is 6.92 Å². The van der Waals surface area contributed by atoms with Crippen molar-refractivity contribution in [2.75, 3.05) is 5.32 Å². The molecule has 1 aliphatic carbocycles. The first kappa shape index (κ1) is 20.8. The standard InChI is InChI=1S/C23H25N3O2S2/c1-15-20(19-11-10-18(30-19)14-24-16(2)27)25-22(29-15)26-21(28)23(12-6-7-13-23)17-8-4-3-5-9-17/h3-5,8-11H,6-7,12-14H2,1-2H3,(H,24,27)(H,25,26,28). The molecule has 2 aromatic heterocycles. The molecule has 0 aliphatic heterocycles. The van der Waals surface area contributed by atoms with Crippen molar-refractivity contribution in [3.63, 3.8) is 0 Å². The van der Waals surface area contributed by atoms with Gasteiger partial charge in [0.15, 0.2) is 5.13 Å². The fraction of sp³-hybridized carbons (Fsp3) is 0.348. The Kier molecular flexibility index (Phi) is 6.01. The number of anilines is 1. The molecule has 1 saturated carbocycles. The largest absolute Gasteiger partial charge is 0.351 e. The molecule has 156 valence electrons. The summed E-state index contributed by atoms with van der Waals surface area (Å²) in [5.74, 6) is 0.00284. The number of aromatic nitrogens is 1. The number of benzene rings is 1. The summed E-state index contributed by atoms with van der Waals surface area (Å²) < 4.78 is 0. The van der Waals surface area contributed by atoms with E-state index in [-0.39, 0.29) is 11.8 Å². The van der Waals surface area contributed by atoms with E-state index in [4.69, 9.17) is 4.98 Å². The molecule has 4 rings (SSSR count). The quantitative estimate of drug-likeness (QED) is 0.550. The fourth-order valence-corrected chi connectivity index (χ4v) is 5.97. The lowest BCUT2D eigenvalue weighted by Gasteiger charge is -2.27. The van der Waals surface area contributed by atoms with E-state index in [0.717, 1.165) is 51.6 Å². The molecule has 0 bridgehead atoms. The van der Waals surface area contributed by atoms with E-state index >= 15 is 0 Å². The third-order valence-electron chi connectivity index (χ3n) is 5.64. The first-order chi connectivity index (χ1) is 14.5. The molecule has 0 unspecified atom stereocenters. The zero-order chi connectivity index (χ0) is 21.1. The number of rotatable bonds is 6. The summed E-state index contributed by atoms with van der Waals surface area (Å²) in [4.78, 5) is 32.4. The predicted octanol–water partition coefficient (Wildman–Crippen LogP) is 5.27. The van der Waals surface area contributed by atoms with E-state index < -0.39 is 5.41 Å². The van der Waals surface area contributed by atoms with Crippen LogP contribution in [-0.4, -0.2) is 16.8 Å². The van der Waals surface area contributed by atoms with Crippen LogP contribution in [0.3, 0.4) is 0 Å². The van der Waals surface area contributed by atoms with Gasteiger partial charge in [-0.3, -0.25) is 9.59 Å². The molecule has 3 aromatic rings. The van der Waals surface area contributed by atoms with E-state index in [1.54, 1.807) is 11.3 Å². The van der Waals surface area contributed by atoms with Crippen molar-refractivity contribution in [1.29, 1.82) is 0 Å². The summed E-state index contributed by atoms with van der Waals surface area (Å²) >= 11 is 3.12. The van der Waals surface area contributed by atoms with Crippen molar-refractivity contribution in [3.05, 3.63) is 57.8 Å². The Bertz CT molecular complexity index is 1050. The van der Waals surface area contributed by atoms with Crippen molar-refractivity contribution in [2.24, 2.45) is 0 Å². The van der Waals surface area contributed by atoms with Gasteiger partial charge in [-0.1, -0.05) is 43.2 Å². The summed E-state index contributed by atoms with van der Waals surface area (Å²) in [6.07, 6.45) is 3.88. The molecule has 0 radical (unpaired) electrons. The van der Waals surface area contributed by atoms with Gasteiger partial charge in [-0.15, -0.1) is 22.7 Å². The van der Waals surface area contributed by atoms with Crippen LogP contribution in [0.5, 0.6) is 0 Å². The van der Waals surface area contributed by atoms with Gasteiger partial charge in [0.05, 0.1) is 22.5 Å². The first-order valence-electron chi connectivity index (χ1n) is 10.2. The van der Waals surface area contributed by atoms with Crippen LogP contribution in [0.1, 0.15) is 47.9 Å². The molecule has 2 amide bonds. The number of amides is 2. The Labute approximate surface area is 184 Å². The highest BCUT2D eigenvalue weighted by molar-refractivity contribution is 7.18. The molecule has 0 spiro atoms. The lowest BCUT2D eigenvalue weighted by molar-refractivity contribution is -0.121. The Morgan fingerprint density at radius 1 is 1.07 bits per heavy atom. The minimum absolute atomic E-state index is 0.0426. The second-order valence-corrected chi connectivity index (χ2v) is 10.1. The van der Waals surface area contributed by atoms with Crippen molar-refractivity contribution in [2.45, 2.75) is 51.5 Å². The molecule has 0 saturated heterocycles. The molecule has 2 N–H and O–H groups in total. The van der Waals surface area contributed by atoms with Crippen LogP contribution < -0.4 is 10.6 Å². The monoisotopic (exact) mass is 439 g/mol. The van der Waals surface area contributed by atoms with Crippen molar-refractivity contribution < 1.29 is 9.59 Å². The van der Waals surface area contributed by atoms with Gasteiger partial charge in [-0.05, 0) is 37.5 Å². The molecular formula is C23H25N3O2S2. The van der Waals surface area contributed by atoms with Gasteiger partial charge in [-0.25, -0.2) is 4.98 Å². The maximum atomic E-state index is 13.4. The highest BCUT2D eigenvalue weighted by Crippen LogP contribution is 2.43. The number of nitrogens with zero attached hydrogens (tertiary/aromatic N) is 1. The third-order valence-corrected chi connectivity index (χ3v) is 7.62. The van der Waals surface area contributed by atoms with Crippen molar-refractivity contribution in [3.8, 4) is 10.6 Å². The van der Waals surface area contributed by atoms with E-state index in [9.17, 15) is 9.59 Å². The Hall–Kier alpha value is -2.51. The lowest BCUT2D eigenvalue weighted by atomic mass is 9.78. The average Bonchev–Trinajstić information content (AvgIpc) is 3.47. The Morgan fingerprint density at radius 2 is 1.80 bits per heavy atom. The van der Waals surface area contributed by atoms with Gasteiger partial charge in [0.1, 0.15) is 0 Å². The number of aryl methyl sites for hydroxylation is 1. The van der Waals surface area contributed by atoms with Crippen LogP contribution >= 0.6 is 22.7 Å². The lowest BCUT2D eigenvalue weighted by Crippen LogP contribution is -2.37. The minimum atomic E-state index is -0.463. The van der Waals surface area contributed by atoms with E-state index in [0.29, 0.717) is 11.7 Å². The third kappa shape index (κ3) is 4.18. The van der Waals surface area contributed by atoms with E-state index in [1.807, 2.05) is 37.3 Å². The Morgan fingerprint density at radius 3 is 2.50 bits per heavy atom. The van der Waals surface area contributed by atoms with Crippen molar-refractivity contribution in [1.82, 2.24) is 10.3 Å². The maximum Gasteiger partial charge on any atom is 0.236 e. The maximum absolute atomic E-state index is 13.4. The molecule has 5 nitrogen and oxygen atoms in total. The molecule has 7 heteroatoms. The second kappa shape index (κ2) is 8.70. The molecule has 0 atom stereocenters. The zero-order valence-electron chi connectivity index (χ0n) is 17.2. The number of thiazole rings is 1. The molecule has 30 heavy (non-hydrogen) atoms. The summed E-state index contributed by atoms with van der Waals surface area (Å²) in [6.45, 7) is 4.06. The SMILES string of the molecule is CC(=O)NCc1ccc(-c2nc(NC(=O)C3(c4ccccc4)CCCC3)sc2C)s1. The molecule has 1 aromatic carbocycles.